The highest BCUT2D eigenvalue weighted by Gasteiger charge is 2.07. The molecule has 4 nitrogen and oxygen atoms in total. The van der Waals surface area contributed by atoms with Crippen LogP contribution >= 0.6 is 11.3 Å². The van der Waals surface area contributed by atoms with Gasteiger partial charge in [0, 0.05) is 18.1 Å². The molecule has 0 aliphatic rings. The lowest BCUT2D eigenvalue weighted by molar-refractivity contribution is 0.668. The third-order valence-corrected chi connectivity index (χ3v) is 3.30. The molecular weight excluding hydrogens is 220 g/mol. The van der Waals surface area contributed by atoms with E-state index in [1.807, 2.05) is 27.1 Å². The molecule has 0 aromatic carbocycles. The lowest BCUT2D eigenvalue weighted by Gasteiger charge is -2.08. The molecular formula is C11H16N4S. The fraction of sp³-hybridized carbons (Fsp3) is 0.455. The number of hydrogen-bond donors (Lipinski definition) is 1. The minimum absolute atomic E-state index is 0.813. The van der Waals surface area contributed by atoms with Crippen LogP contribution in [0.25, 0.3) is 0 Å². The first-order chi connectivity index (χ1) is 7.70. The van der Waals surface area contributed by atoms with Crippen LogP contribution in [0.1, 0.15) is 22.2 Å². The van der Waals surface area contributed by atoms with Gasteiger partial charge in [0.1, 0.15) is 5.82 Å². The van der Waals surface area contributed by atoms with Crippen LogP contribution in [-0.4, -0.2) is 21.6 Å². The quantitative estimate of drug-likeness (QED) is 0.879. The van der Waals surface area contributed by atoms with Gasteiger partial charge in [-0.05, 0) is 20.9 Å². The number of rotatable bonds is 4. The predicted molar refractivity (Wildman–Crippen MR) is 65.7 cm³/mol. The van der Waals surface area contributed by atoms with Gasteiger partial charge in [-0.25, -0.2) is 9.97 Å². The maximum Gasteiger partial charge on any atom is 0.106 e. The van der Waals surface area contributed by atoms with E-state index in [9.17, 15) is 0 Å². The number of hydrogen-bond acceptors (Lipinski definition) is 4. The van der Waals surface area contributed by atoms with Crippen LogP contribution in [0.15, 0.2) is 11.6 Å². The maximum atomic E-state index is 4.48. The van der Waals surface area contributed by atoms with Crippen molar-refractivity contribution in [2.75, 3.05) is 7.05 Å². The van der Waals surface area contributed by atoms with Gasteiger partial charge in [0.05, 0.1) is 22.9 Å². The van der Waals surface area contributed by atoms with E-state index in [4.69, 9.17) is 0 Å². The van der Waals surface area contributed by atoms with Gasteiger partial charge in [0.25, 0.3) is 0 Å². The Labute approximate surface area is 99.4 Å². The monoisotopic (exact) mass is 236 g/mol. The first kappa shape index (κ1) is 11.3. The summed E-state index contributed by atoms with van der Waals surface area (Å²) in [5, 5.41) is 6.37. The van der Waals surface area contributed by atoms with Crippen LogP contribution in [0.4, 0.5) is 0 Å². The lowest BCUT2D eigenvalue weighted by Crippen LogP contribution is -2.13. The minimum Gasteiger partial charge on any atom is -0.325 e. The zero-order valence-electron chi connectivity index (χ0n) is 9.82. The second kappa shape index (κ2) is 4.76. The average Bonchev–Trinajstić information content (AvgIpc) is 2.79. The number of imidazole rings is 1. The van der Waals surface area contributed by atoms with Gasteiger partial charge in [-0.1, -0.05) is 0 Å². The van der Waals surface area contributed by atoms with Crippen molar-refractivity contribution in [1.29, 1.82) is 0 Å². The van der Waals surface area contributed by atoms with E-state index in [0.29, 0.717) is 0 Å². The smallest absolute Gasteiger partial charge is 0.106 e. The molecule has 5 heteroatoms. The first-order valence-electron chi connectivity index (χ1n) is 5.27. The van der Waals surface area contributed by atoms with Gasteiger partial charge in [-0.2, -0.15) is 0 Å². The van der Waals surface area contributed by atoms with Crippen LogP contribution in [0, 0.1) is 13.8 Å². The highest BCUT2D eigenvalue weighted by Crippen LogP contribution is 2.12. The Bertz CT molecular complexity index is 472. The van der Waals surface area contributed by atoms with Crippen molar-refractivity contribution in [3.63, 3.8) is 0 Å². The molecule has 0 bridgehead atoms. The number of aromatic nitrogens is 3. The molecule has 16 heavy (non-hydrogen) atoms. The van der Waals surface area contributed by atoms with Crippen LogP contribution in [-0.2, 0) is 13.1 Å². The third-order valence-electron chi connectivity index (χ3n) is 2.48. The standard InChI is InChI=1S/C11H16N4S/c1-8-13-5-11(4-12-3)15(8)6-10-7-16-9(2)14-10/h5,7,12H,4,6H2,1-3H3. The van der Waals surface area contributed by atoms with E-state index in [1.165, 1.54) is 5.69 Å². The Morgan fingerprint density at radius 2 is 2.25 bits per heavy atom. The van der Waals surface area contributed by atoms with Crippen molar-refractivity contribution in [3.05, 3.63) is 33.8 Å². The molecule has 2 aromatic rings. The molecule has 0 aliphatic heterocycles. The summed E-state index contributed by atoms with van der Waals surface area (Å²) in [4.78, 5) is 8.81. The highest BCUT2D eigenvalue weighted by molar-refractivity contribution is 7.09. The van der Waals surface area contributed by atoms with Crippen LogP contribution in [0.2, 0.25) is 0 Å². The number of thiazole rings is 1. The van der Waals surface area contributed by atoms with Crippen LogP contribution < -0.4 is 5.32 Å². The summed E-state index contributed by atoms with van der Waals surface area (Å²) in [7, 11) is 1.94. The molecule has 0 unspecified atom stereocenters. The molecule has 2 rings (SSSR count). The zero-order valence-corrected chi connectivity index (χ0v) is 10.6. The van der Waals surface area contributed by atoms with Crippen molar-refractivity contribution in [2.24, 2.45) is 0 Å². The van der Waals surface area contributed by atoms with Gasteiger partial charge in [0.15, 0.2) is 0 Å². The van der Waals surface area contributed by atoms with Gasteiger partial charge < -0.3 is 9.88 Å². The molecule has 0 radical (unpaired) electrons. The summed E-state index contributed by atoms with van der Waals surface area (Å²) in [5.41, 5.74) is 2.31. The predicted octanol–water partition coefficient (Wildman–Crippen LogP) is 1.72. The number of nitrogens with zero attached hydrogens (tertiary/aromatic N) is 3. The van der Waals surface area contributed by atoms with Crippen molar-refractivity contribution >= 4 is 11.3 Å². The molecule has 0 fully saturated rings. The van der Waals surface area contributed by atoms with Crippen molar-refractivity contribution in [3.8, 4) is 0 Å². The molecule has 0 aliphatic carbocycles. The molecule has 86 valence electrons. The van der Waals surface area contributed by atoms with Gasteiger partial charge in [-0.3, -0.25) is 0 Å². The molecule has 0 atom stereocenters. The van der Waals surface area contributed by atoms with E-state index in [1.54, 1.807) is 11.3 Å². The van der Waals surface area contributed by atoms with Crippen molar-refractivity contribution in [1.82, 2.24) is 19.9 Å². The lowest BCUT2D eigenvalue weighted by atomic mass is 10.4. The fourth-order valence-electron chi connectivity index (χ4n) is 1.70. The van der Waals surface area contributed by atoms with Gasteiger partial charge in [-0.15, -0.1) is 11.3 Å². The Hall–Kier alpha value is -1.20. The fourth-order valence-corrected chi connectivity index (χ4v) is 2.30. The average molecular weight is 236 g/mol. The van der Waals surface area contributed by atoms with Crippen molar-refractivity contribution < 1.29 is 0 Å². The Kier molecular flexibility index (Phi) is 3.36. The molecule has 0 spiro atoms. The number of aryl methyl sites for hydroxylation is 2. The van der Waals surface area contributed by atoms with E-state index < -0.39 is 0 Å². The molecule has 2 aromatic heterocycles. The number of nitrogens with one attached hydrogen (secondary N) is 1. The molecule has 1 N–H and O–H groups in total. The summed E-state index contributed by atoms with van der Waals surface area (Å²) >= 11 is 1.69. The maximum absolute atomic E-state index is 4.48. The highest BCUT2D eigenvalue weighted by atomic mass is 32.1. The largest absolute Gasteiger partial charge is 0.325 e. The van der Waals surface area contributed by atoms with Gasteiger partial charge >= 0.3 is 0 Å². The second-order valence-corrected chi connectivity index (χ2v) is 4.83. The summed E-state index contributed by atoms with van der Waals surface area (Å²) in [5.74, 6) is 1.04. The zero-order chi connectivity index (χ0) is 11.5. The summed E-state index contributed by atoms with van der Waals surface area (Å²) in [6.07, 6.45) is 1.92. The minimum atomic E-state index is 0.813. The van der Waals surface area contributed by atoms with E-state index in [2.05, 4.69) is 25.2 Å². The van der Waals surface area contributed by atoms with E-state index in [0.717, 1.165) is 29.6 Å². The second-order valence-electron chi connectivity index (χ2n) is 3.77. The normalized spacial score (nSPS) is 10.9. The van der Waals surface area contributed by atoms with Crippen LogP contribution in [0.3, 0.4) is 0 Å². The summed E-state index contributed by atoms with van der Waals surface area (Å²) < 4.78 is 2.20. The van der Waals surface area contributed by atoms with Crippen LogP contribution in [0.5, 0.6) is 0 Å². The Morgan fingerprint density at radius 1 is 1.44 bits per heavy atom. The Morgan fingerprint density at radius 3 is 2.88 bits per heavy atom. The molecule has 0 saturated carbocycles. The van der Waals surface area contributed by atoms with Gasteiger partial charge in [0.2, 0.25) is 0 Å². The third kappa shape index (κ3) is 2.31. The first-order valence-corrected chi connectivity index (χ1v) is 6.15. The topological polar surface area (TPSA) is 42.7 Å². The molecule has 0 amide bonds. The summed E-state index contributed by atoms with van der Waals surface area (Å²) in [6, 6.07) is 0. The van der Waals surface area contributed by atoms with E-state index >= 15 is 0 Å². The molecule has 2 heterocycles. The summed E-state index contributed by atoms with van der Waals surface area (Å²) in [6.45, 7) is 5.71. The van der Waals surface area contributed by atoms with E-state index in [-0.39, 0.29) is 0 Å². The molecule has 0 saturated heterocycles. The Balaban J connectivity index is 2.22. The SMILES string of the molecule is CNCc1cnc(C)n1Cc1csc(C)n1. The van der Waals surface area contributed by atoms with Crippen molar-refractivity contribution in [2.45, 2.75) is 26.9 Å².